The van der Waals surface area contributed by atoms with Crippen molar-refractivity contribution in [1.29, 1.82) is 0 Å². The van der Waals surface area contributed by atoms with Crippen molar-refractivity contribution < 1.29 is 14.6 Å². The summed E-state index contributed by atoms with van der Waals surface area (Å²) in [5.41, 5.74) is 0.421. The number of benzene rings is 1. The lowest BCUT2D eigenvalue weighted by molar-refractivity contribution is 0.0380. The van der Waals surface area contributed by atoms with Crippen molar-refractivity contribution in [3.8, 4) is 0 Å². The van der Waals surface area contributed by atoms with E-state index in [9.17, 15) is 9.90 Å². The maximum atomic E-state index is 12.3. The first-order chi connectivity index (χ1) is 8.86. The van der Waals surface area contributed by atoms with E-state index < -0.39 is 6.10 Å². The first-order valence-corrected chi connectivity index (χ1v) is 7.27. The molecule has 1 atom stereocenters. The van der Waals surface area contributed by atoms with E-state index in [1.54, 1.807) is 19.2 Å². The maximum absolute atomic E-state index is 12.3. The number of aliphatic hydroxyl groups excluding tert-OH is 1. The highest BCUT2D eigenvalue weighted by Gasteiger charge is 2.19. The van der Waals surface area contributed by atoms with Gasteiger partial charge in [-0.2, -0.15) is 0 Å². The van der Waals surface area contributed by atoms with E-state index in [1.165, 1.54) is 12.0 Å². The topological polar surface area (TPSA) is 49.8 Å². The summed E-state index contributed by atoms with van der Waals surface area (Å²) < 4.78 is 5.46. The highest BCUT2D eigenvalue weighted by atomic mass is 127. The summed E-state index contributed by atoms with van der Waals surface area (Å²) in [7, 11) is 3.09. The largest absolute Gasteiger partial charge is 0.389 e. The highest BCUT2D eigenvalue weighted by Crippen LogP contribution is 2.27. The smallest absolute Gasteiger partial charge is 0.254 e. The Hall–Kier alpha value is -0.0800. The van der Waals surface area contributed by atoms with E-state index in [1.807, 2.05) is 22.6 Å². The van der Waals surface area contributed by atoms with E-state index in [0.717, 1.165) is 0 Å². The number of halogens is 3. The molecule has 1 amide bonds. The van der Waals surface area contributed by atoms with Gasteiger partial charge in [-0.3, -0.25) is 4.79 Å². The molecule has 0 aliphatic carbocycles. The van der Waals surface area contributed by atoms with Crippen LogP contribution in [0, 0.1) is 3.57 Å². The summed E-state index contributed by atoms with van der Waals surface area (Å²) in [6.07, 6.45) is -0.730. The number of carbonyl (C=O) groups is 1. The molecule has 0 radical (unpaired) electrons. The standard InChI is InChI=1S/C12H14Cl2INO3/c1-16(5-8(17)6-19-2)12(18)9-3-7(13)4-10(14)11(9)15/h3-4,8,17H,5-6H2,1-2H3. The van der Waals surface area contributed by atoms with Crippen molar-refractivity contribution in [2.45, 2.75) is 6.10 Å². The Kier molecular flexibility index (Phi) is 6.82. The number of ether oxygens (including phenoxy) is 1. The molecule has 1 rings (SSSR count). The minimum atomic E-state index is -0.730. The molecule has 7 heteroatoms. The molecular weight excluding hydrogens is 404 g/mol. The summed E-state index contributed by atoms with van der Waals surface area (Å²) >= 11 is 13.9. The molecule has 0 saturated heterocycles. The third-order valence-corrected chi connectivity index (χ3v) is 4.41. The molecule has 0 bridgehead atoms. The Morgan fingerprint density at radius 2 is 2.16 bits per heavy atom. The number of carbonyl (C=O) groups excluding carboxylic acids is 1. The van der Waals surface area contributed by atoms with Crippen LogP contribution < -0.4 is 0 Å². The third kappa shape index (κ3) is 4.75. The van der Waals surface area contributed by atoms with Gasteiger partial charge in [0.15, 0.2) is 0 Å². The van der Waals surface area contributed by atoms with Crippen LogP contribution in [0.2, 0.25) is 10.0 Å². The lowest BCUT2D eigenvalue weighted by Crippen LogP contribution is -2.36. The van der Waals surface area contributed by atoms with Crippen molar-refractivity contribution in [1.82, 2.24) is 4.90 Å². The zero-order chi connectivity index (χ0) is 14.6. The molecule has 1 aromatic carbocycles. The number of amides is 1. The van der Waals surface area contributed by atoms with Crippen molar-refractivity contribution in [3.05, 3.63) is 31.3 Å². The Balaban J connectivity index is 2.88. The third-order valence-electron chi connectivity index (χ3n) is 2.41. The molecular formula is C12H14Cl2INO3. The lowest BCUT2D eigenvalue weighted by atomic mass is 10.2. The van der Waals surface area contributed by atoms with Gasteiger partial charge in [0.2, 0.25) is 0 Å². The average molecular weight is 418 g/mol. The van der Waals surface area contributed by atoms with E-state index in [-0.39, 0.29) is 19.1 Å². The zero-order valence-electron chi connectivity index (χ0n) is 10.5. The van der Waals surface area contributed by atoms with Crippen molar-refractivity contribution in [2.24, 2.45) is 0 Å². The van der Waals surface area contributed by atoms with Crippen LogP contribution >= 0.6 is 45.8 Å². The predicted octanol–water partition coefficient (Wildman–Crippen LogP) is 2.68. The SMILES string of the molecule is COCC(O)CN(C)C(=O)c1cc(Cl)cc(Cl)c1I. The molecule has 1 aromatic rings. The van der Waals surface area contributed by atoms with Gasteiger partial charge in [0.05, 0.1) is 23.3 Å². The van der Waals surface area contributed by atoms with E-state index in [4.69, 9.17) is 27.9 Å². The predicted molar refractivity (Wildman–Crippen MR) is 84.0 cm³/mol. The van der Waals surface area contributed by atoms with Crippen LogP contribution in [0.5, 0.6) is 0 Å². The van der Waals surface area contributed by atoms with Gasteiger partial charge in [-0.05, 0) is 34.7 Å². The summed E-state index contributed by atoms with van der Waals surface area (Å²) in [4.78, 5) is 13.7. The van der Waals surface area contributed by atoms with Crippen LogP contribution in [0.15, 0.2) is 12.1 Å². The molecule has 4 nitrogen and oxygen atoms in total. The van der Waals surface area contributed by atoms with Crippen molar-refractivity contribution >= 4 is 51.7 Å². The van der Waals surface area contributed by atoms with E-state index >= 15 is 0 Å². The first-order valence-electron chi connectivity index (χ1n) is 5.43. The second kappa shape index (κ2) is 7.64. The van der Waals surface area contributed by atoms with Gasteiger partial charge in [-0.25, -0.2) is 0 Å². The highest BCUT2D eigenvalue weighted by molar-refractivity contribution is 14.1. The number of nitrogens with zero attached hydrogens (tertiary/aromatic N) is 1. The molecule has 0 heterocycles. The Labute approximate surface area is 135 Å². The molecule has 0 saturated carbocycles. The first kappa shape index (κ1) is 17.0. The van der Waals surface area contributed by atoms with Crippen LogP contribution in [-0.4, -0.2) is 49.3 Å². The summed E-state index contributed by atoms with van der Waals surface area (Å²) in [6, 6.07) is 3.15. The maximum Gasteiger partial charge on any atom is 0.254 e. The average Bonchev–Trinajstić information content (AvgIpc) is 2.33. The quantitative estimate of drug-likeness (QED) is 0.591. The Morgan fingerprint density at radius 3 is 2.74 bits per heavy atom. The number of hydrogen-bond donors (Lipinski definition) is 1. The second-order valence-corrected chi connectivity index (χ2v) is 5.97. The molecule has 0 aromatic heterocycles. The van der Waals surface area contributed by atoms with Crippen LogP contribution in [-0.2, 0) is 4.74 Å². The minimum absolute atomic E-state index is 0.172. The molecule has 19 heavy (non-hydrogen) atoms. The van der Waals surface area contributed by atoms with Gasteiger partial charge in [0.1, 0.15) is 0 Å². The summed E-state index contributed by atoms with van der Waals surface area (Å²) in [5, 5.41) is 10.5. The Bertz CT molecular complexity index is 471. The summed E-state index contributed by atoms with van der Waals surface area (Å²) in [5.74, 6) is -0.246. The van der Waals surface area contributed by atoms with Gasteiger partial charge >= 0.3 is 0 Å². The monoisotopic (exact) mass is 417 g/mol. The normalized spacial score (nSPS) is 12.3. The van der Waals surface area contributed by atoms with Crippen molar-refractivity contribution in [2.75, 3.05) is 27.3 Å². The summed E-state index contributed by atoms with van der Waals surface area (Å²) in [6.45, 7) is 0.345. The molecule has 0 aliphatic heterocycles. The molecule has 1 N–H and O–H groups in total. The number of aliphatic hydroxyl groups is 1. The molecule has 1 unspecified atom stereocenters. The van der Waals surface area contributed by atoms with E-state index in [2.05, 4.69) is 0 Å². The van der Waals surface area contributed by atoms with Crippen LogP contribution in [0.3, 0.4) is 0 Å². The molecule has 0 spiro atoms. The van der Waals surface area contributed by atoms with Crippen LogP contribution in [0.25, 0.3) is 0 Å². The molecule has 0 fully saturated rings. The number of likely N-dealkylation sites (N-methyl/N-ethyl adjacent to an activating group) is 1. The number of rotatable bonds is 5. The van der Waals surface area contributed by atoms with Gasteiger partial charge in [-0.15, -0.1) is 0 Å². The second-order valence-electron chi connectivity index (χ2n) is 4.04. The van der Waals surface area contributed by atoms with Crippen molar-refractivity contribution in [3.63, 3.8) is 0 Å². The van der Waals surface area contributed by atoms with Gasteiger partial charge in [-0.1, -0.05) is 23.2 Å². The fraction of sp³-hybridized carbons (Fsp3) is 0.417. The van der Waals surface area contributed by atoms with Crippen LogP contribution in [0.4, 0.5) is 0 Å². The Morgan fingerprint density at radius 1 is 1.53 bits per heavy atom. The van der Waals surface area contributed by atoms with Gasteiger partial charge in [0, 0.05) is 29.3 Å². The van der Waals surface area contributed by atoms with Gasteiger partial charge in [0.25, 0.3) is 5.91 Å². The zero-order valence-corrected chi connectivity index (χ0v) is 14.2. The lowest BCUT2D eigenvalue weighted by Gasteiger charge is -2.21. The minimum Gasteiger partial charge on any atom is -0.389 e. The number of hydrogen-bond acceptors (Lipinski definition) is 3. The fourth-order valence-electron chi connectivity index (χ4n) is 1.56. The molecule has 0 aliphatic rings. The fourth-order valence-corrected chi connectivity index (χ4v) is 2.60. The number of methoxy groups -OCH3 is 1. The molecule has 106 valence electrons. The van der Waals surface area contributed by atoms with Crippen LogP contribution in [0.1, 0.15) is 10.4 Å². The van der Waals surface area contributed by atoms with E-state index in [0.29, 0.717) is 19.2 Å². The van der Waals surface area contributed by atoms with Gasteiger partial charge < -0.3 is 14.7 Å².